The average Bonchev–Trinajstić information content (AvgIpc) is 2.92. The average molecular weight is 304 g/mol. The molecule has 0 spiro atoms. The van der Waals surface area contributed by atoms with Crippen molar-refractivity contribution in [3.63, 3.8) is 0 Å². The first-order valence-corrected chi connectivity index (χ1v) is 8.58. The lowest BCUT2D eigenvalue weighted by Gasteiger charge is -2.25. The fourth-order valence-corrected chi connectivity index (χ4v) is 2.78. The first kappa shape index (κ1) is 16.1. The lowest BCUT2D eigenvalue weighted by atomic mass is 10.1. The fraction of sp³-hybridized carbons (Fsp3) is 0.412. The van der Waals surface area contributed by atoms with E-state index in [9.17, 15) is 0 Å². The highest BCUT2D eigenvalue weighted by Crippen LogP contribution is 2.17. The molecular weight excluding hydrogens is 280 g/mol. The topological polar surface area (TPSA) is 28.4 Å². The second kappa shape index (κ2) is 8.27. The minimum atomic E-state index is 0.367. The zero-order chi connectivity index (χ0) is 15.1. The monoisotopic (exact) mass is 304 g/mol. The van der Waals surface area contributed by atoms with Gasteiger partial charge in [-0.1, -0.05) is 30.3 Å². The van der Waals surface area contributed by atoms with E-state index in [0.717, 1.165) is 30.4 Å². The second-order valence-corrected chi connectivity index (χ2v) is 6.19. The molecule has 0 aliphatic heterocycles. The molecule has 1 N–H and O–H groups in total. The summed E-state index contributed by atoms with van der Waals surface area (Å²) < 4.78 is 5.78. The van der Waals surface area contributed by atoms with Gasteiger partial charge in [-0.25, -0.2) is 0 Å². The van der Waals surface area contributed by atoms with Gasteiger partial charge in [0, 0.05) is 12.6 Å². The summed E-state index contributed by atoms with van der Waals surface area (Å²) in [5, 5.41) is 3.49. The van der Waals surface area contributed by atoms with Crippen molar-refractivity contribution in [3.8, 4) is 0 Å². The summed E-state index contributed by atoms with van der Waals surface area (Å²) in [6.45, 7) is 1.67. The number of nitrogens with zero attached hydrogens (tertiary/aromatic N) is 1. The van der Waals surface area contributed by atoms with Crippen LogP contribution in [-0.2, 0) is 12.3 Å². The van der Waals surface area contributed by atoms with Crippen LogP contribution in [0, 0.1) is 0 Å². The number of furan rings is 1. The standard InChI is InChI=1S/C17H24N2OS/c1-19(2)17(14-7-5-4-6-8-14)12-18-11-15-9-10-16(20-15)13-21-3/h4-10,17-18H,11-13H2,1-3H3. The summed E-state index contributed by atoms with van der Waals surface area (Å²) in [6, 6.07) is 15.1. The van der Waals surface area contributed by atoms with E-state index in [4.69, 9.17) is 4.42 Å². The molecule has 3 nitrogen and oxygen atoms in total. The predicted octanol–water partition coefficient (Wildman–Crippen LogP) is 3.54. The third-order valence-electron chi connectivity index (χ3n) is 3.45. The van der Waals surface area contributed by atoms with Crippen molar-refractivity contribution in [3.05, 3.63) is 59.5 Å². The van der Waals surface area contributed by atoms with Crippen LogP contribution in [-0.4, -0.2) is 31.8 Å². The van der Waals surface area contributed by atoms with Gasteiger partial charge in [-0.05, 0) is 38.0 Å². The summed E-state index contributed by atoms with van der Waals surface area (Å²) in [7, 11) is 4.23. The molecule has 1 aromatic heterocycles. The normalized spacial score (nSPS) is 12.8. The number of thioether (sulfide) groups is 1. The van der Waals surface area contributed by atoms with Gasteiger partial charge >= 0.3 is 0 Å². The van der Waals surface area contributed by atoms with E-state index < -0.39 is 0 Å². The molecule has 1 aromatic carbocycles. The van der Waals surface area contributed by atoms with Gasteiger partial charge in [-0.15, -0.1) is 0 Å². The van der Waals surface area contributed by atoms with Crippen LogP contribution in [0.2, 0.25) is 0 Å². The van der Waals surface area contributed by atoms with Gasteiger partial charge in [0.1, 0.15) is 11.5 Å². The molecule has 0 aliphatic carbocycles. The van der Waals surface area contributed by atoms with Crippen LogP contribution in [0.25, 0.3) is 0 Å². The maximum atomic E-state index is 5.78. The summed E-state index contributed by atoms with van der Waals surface area (Å²) in [6.07, 6.45) is 2.09. The number of rotatable bonds is 8. The van der Waals surface area contributed by atoms with E-state index in [1.165, 1.54) is 5.56 Å². The lowest BCUT2D eigenvalue weighted by molar-refractivity contribution is 0.285. The van der Waals surface area contributed by atoms with Gasteiger partial charge in [-0.2, -0.15) is 11.8 Å². The van der Waals surface area contributed by atoms with Crippen LogP contribution in [0.3, 0.4) is 0 Å². The van der Waals surface area contributed by atoms with Crippen LogP contribution in [0.15, 0.2) is 46.9 Å². The number of hydrogen-bond donors (Lipinski definition) is 1. The third kappa shape index (κ3) is 4.92. The van der Waals surface area contributed by atoms with Crippen molar-refractivity contribution in [2.24, 2.45) is 0 Å². The molecule has 4 heteroatoms. The summed E-state index contributed by atoms with van der Waals surface area (Å²) >= 11 is 1.78. The molecule has 0 saturated carbocycles. The highest BCUT2D eigenvalue weighted by Gasteiger charge is 2.13. The maximum absolute atomic E-state index is 5.78. The number of benzene rings is 1. The Morgan fingerprint density at radius 1 is 1.10 bits per heavy atom. The molecule has 1 unspecified atom stereocenters. The van der Waals surface area contributed by atoms with Gasteiger partial charge in [0.05, 0.1) is 12.3 Å². The number of hydrogen-bond acceptors (Lipinski definition) is 4. The third-order valence-corrected chi connectivity index (χ3v) is 4.02. The van der Waals surface area contributed by atoms with Crippen molar-refractivity contribution < 1.29 is 4.42 Å². The van der Waals surface area contributed by atoms with Gasteiger partial charge < -0.3 is 14.6 Å². The summed E-state index contributed by atoms with van der Waals surface area (Å²) in [5.74, 6) is 2.99. The van der Waals surface area contributed by atoms with Crippen molar-refractivity contribution >= 4 is 11.8 Å². The van der Waals surface area contributed by atoms with E-state index in [1.54, 1.807) is 11.8 Å². The lowest BCUT2D eigenvalue weighted by Crippen LogP contribution is -2.30. The largest absolute Gasteiger partial charge is 0.464 e. The molecule has 1 heterocycles. The summed E-state index contributed by atoms with van der Waals surface area (Å²) in [4.78, 5) is 2.24. The molecule has 0 fully saturated rings. The molecule has 1 atom stereocenters. The number of likely N-dealkylation sites (N-methyl/N-ethyl adjacent to an activating group) is 1. The van der Waals surface area contributed by atoms with Crippen LogP contribution >= 0.6 is 11.8 Å². The van der Waals surface area contributed by atoms with Gasteiger partial charge in [-0.3, -0.25) is 0 Å². The van der Waals surface area contributed by atoms with Crippen LogP contribution in [0.1, 0.15) is 23.1 Å². The molecule has 2 rings (SSSR count). The van der Waals surface area contributed by atoms with Crippen molar-refractivity contribution in [2.75, 3.05) is 26.9 Å². The Kier molecular flexibility index (Phi) is 6.36. The SMILES string of the molecule is CSCc1ccc(CNCC(c2ccccc2)N(C)C)o1. The minimum absolute atomic E-state index is 0.367. The van der Waals surface area contributed by atoms with E-state index >= 15 is 0 Å². The maximum Gasteiger partial charge on any atom is 0.118 e. The zero-order valence-electron chi connectivity index (χ0n) is 13.0. The van der Waals surface area contributed by atoms with Crippen molar-refractivity contribution in [1.29, 1.82) is 0 Å². The fourth-order valence-electron chi connectivity index (χ4n) is 2.34. The Hall–Kier alpha value is -1.23. The molecule has 0 bridgehead atoms. The van der Waals surface area contributed by atoms with Crippen molar-refractivity contribution in [1.82, 2.24) is 10.2 Å². The quantitative estimate of drug-likeness (QED) is 0.807. The molecule has 21 heavy (non-hydrogen) atoms. The molecule has 114 valence electrons. The predicted molar refractivity (Wildman–Crippen MR) is 90.5 cm³/mol. The van der Waals surface area contributed by atoms with Gasteiger partial charge in [0.15, 0.2) is 0 Å². The van der Waals surface area contributed by atoms with E-state index in [2.05, 4.69) is 73.0 Å². The Morgan fingerprint density at radius 2 is 1.81 bits per heavy atom. The smallest absolute Gasteiger partial charge is 0.118 e. The van der Waals surface area contributed by atoms with Crippen LogP contribution in [0.5, 0.6) is 0 Å². The highest BCUT2D eigenvalue weighted by molar-refractivity contribution is 7.97. The Balaban J connectivity index is 1.87. The van der Waals surface area contributed by atoms with Crippen LogP contribution in [0.4, 0.5) is 0 Å². The molecule has 0 radical (unpaired) electrons. The Morgan fingerprint density at radius 3 is 2.48 bits per heavy atom. The molecule has 0 aliphatic rings. The summed E-state index contributed by atoms with van der Waals surface area (Å²) in [5.41, 5.74) is 1.33. The van der Waals surface area contributed by atoms with Crippen LogP contribution < -0.4 is 5.32 Å². The van der Waals surface area contributed by atoms with Gasteiger partial charge in [0.25, 0.3) is 0 Å². The molecule has 0 saturated heterocycles. The first-order chi connectivity index (χ1) is 10.2. The highest BCUT2D eigenvalue weighted by atomic mass is 32.2. The molecule has 0 amide bonds. The zero-order valence-corrected chi connectivity index (χ0v) is 13.8. The van der Waals surface area contributed by atoms with E-state index in [1.807, 2.05) is 0 Å². The number of nitrogens with one attached hydrogen (secondary N) is 1. The second-order valence-electron chi connectivity index (χ2n) is 5.32. The van der Waals surface area contributed by atoms with Gasteiger partial charge in [0.2, 0.25) is 0 Å². The Labute approximate surface area is 131 Å². The Bertz CT molecular complexity index is 525. The first-order valence-electron chi connectivity index (χ1n) is 7.19. The van der Waals surface area contributed by atoms with Crippen molar-refractivity contribution in [2.45, 2.75) is 18.3 Å². The molecule has 2 aromatic rings. The molecular formula is C17H24N2OS. The minimum Gasteiger partial charge on any atom is -0.464 e. The van der Waals surface area contributed by atoms with E-state index in [0.29, 0.717) is 6.04 Å². The van der Waals surface area contributed by atoms with E-state index in [-0.39, 0.29) is 0 Å².